The van der Waals surface area contributed by atoms with Gasteiger partial charge in [-0.05, 0) is 67.0 Å². The van der Waals surface area contributed by atoms with E-state index < -0.39 is 20.0 Å². The Morgan fingerprint density at radius 2 is 1.42 bits per heavy atom. The fraction of sp³-hybridized carbons (Fsp3) is 0.478. The molecule has 2 aromatic carbocycles. The van der Waals surface area contributed by atoms with Crippen molar-refractivity contribution in [2.75, 3.05) is 13.1 Å². The van der Waals surface area contributed by atoms with E-state index in [1.165, 1.54) is 34.1 Å². The molecule has 0 radical (unpaired) electrons. The smallest absolute Gasteiger partial charge is 0.207 e. The molecule has 2 aromatic rings. The zero-order chi connectivity index (χ0) is 22.2. The van der Waals surface area contributed by atoms with Crippen molar-refractivity contribution in [3.05, 3.63) is 59.7 Å². The van der Waals surface area contributed by atoms with Crippen molar-refractivity contribution in [3.63, 3.8) is 0 Å². The summed E-state index contributed by atoms with van der Waals surface area (Å²) >= 11 is 0. The van der Waals surface area contributed by atoms with Crippen molar-refractivity contribution in [1.82, 2.24) is 8.61 Å². The van der Waals surface area contributed by atoms with Crippen LogP contribution in [-0.2, 0) is 26.6 Å². The number of nitrogens with zero attached hydrogens (tertiary/aromatic N) is 2. The molecule has 2 fully saturated rings. The highest BCUT2D eigenvalue weighted by Crippen LogP contribution is 2.34. The normalized spacial score (nSPS) is 18.2. The molecule has 1 saturated heterocycles. The average molecular weight is 463 g/mol. The van der Waals surface area contributed by atoms with Crippen molar-refractivity contribution >= 4 is 20.0 Å². The summed E-state index contributed by atoms with van der Waals surface area (Å²) in [5.74, 6) is 0.424. The summed E-state index contributed by atoms with van der Waals surface area (Å²) in [5, 5.41) is 0. The Balaban J connectivity index is 1.56. The number of benzene rings is 2. The Hall–Kier alpha value is -1.74. The van der Waals surface area contributed by atoms with E-state index in [0.29, 0.717) is 25.6 Å². The van der Waals surface area contributed by atoms with E-state index in [2.05, 4.69) is 26.0 Å². The fourth-order valence-electron chi connectivity index (χ4n) is 3.96. The minimum atomic E-state index is -3.72. The molecule has 1 saturated carbocycles. The van der Waals surface area contributed by atoms with Gasteiger partial charge in [-0.3, -0.25) is 0 Å². The Morgan fingerprint density at radius 3 is 1.94 bits per heavy atom. The van der Waals surface area contributed by atoms with Gasteiger partial charge in [0.1, 0.15) is 0 Å². The molecule has 2 aliphatic rings. The second-order valence-corrected chi connectivity index (χ2v) is 12.6. The number of hydrogen-bond donors (Lipinski definition) is 0. The van der Waals surface area contributed by atoms with Gasteiger partial charge in [0.25, 0.3) is 0 Å². The van der Waals surface area contributed by atoms with Crippen LogP contribution in [0.5, 0.6) is 0 Å². The standard InChI is InChI=1S/C23H30N2O4S2/c1-18(2)20-7-5-19(6-8-20)17-25(21-9-10-21)31(28,29)23-13-11-22(12-14-23)30(26,27)24-15-3-4-16-24/h5-8,11-14,18,21H,3-4,9-10,15-17H2,1-2H3. The van der Waals surface area contributed by atoms with Crippen molar-refractivity contribution in [2.45, 2.75) is 67.8 Å². The van der Waals surface area contributed by atoms with Crippen LogP contribution in [0.2, 0.25) is 0 Å². The Bertz CT molecular complexity index is 1120. The van der Waals surface area contributed by atoms with Crippen LogP contribution < -0.4 is 0 Å². The summed E-state index contributed by atoms with van der Waals surface area (Å²) in [6, 6.07) is 13.8. The van der Waals surface area contributed by atoms with Crippen molar-refractivity contribution in [1.29, 1.82) is 0 Å². The molecule has 0 atom stereocenters. The lowest BCUT2D eigenvalue weighted by Gasteiger charge is -2.23. The zero-order valence-corrected chi connectivity index (χ0v) is 19.7. The largest absolute Gasteiger partial charge is 0.243 e. The molecule has 0 spiro atoms. The minimum Gasteiger partial charge on any atom is -0.207 e. The Labute approximate surface area is 186 Å². The maximum atomic E-state index is 13.4. The van der Waals surface area contributed by atoms with E-state index in [1.807, 2.05) is 12.1 Å². The highest BCUT2D eigenvalue weighted by Gasteiger charge is 2.38. The van der Waals surface area contributed by atoms with Gasteiger partial charge < -0.3 is 0 Å². The van der Waals surface area contributed by atoms with Gasteiger partial charge >= 0.3 is 0 Å². The predicted molar refractivity (Wildman–Crippen MR) is 121 cm³/mol. The lowest BCUT2D eigenvalue weighted by molar-refractivity contribution is 0.398. The van der Waals surface area contributed by atoms with E-state index in [-0.39, 0.29) is 15.8 Å². The summed E-state index contributed by atoms with van der Waals surface area (Å²) < 4.78 is 55.2. The average Bonchev–Trinajstić information content (AvgIpc) is 3.43. The van der Waals surface area contributed by atoms with Crippen LogP contribution in [-0.4, -0.2) is 44.6 Å². The highest BCUT2D eigenvalue weighted by molar-refractivity contribution is 7.89. The molecule has 4 rings (SSSR count). The molecular weight excluding hydrogens is 432 g/mol. The van der Waals surface area contributed by atoms with E-state index in [9.17, 15) is 16.8 Å². The van der Waals surface area contributed by atoms with Crippen molar-refractivity contribution in [2.24, 2.45) is 0 Å². The number of sulfonamides is 2. The van der Waals surface area contributed by atoms with E-state index in [0.717, 1.165) is 31.2 Å². The van der Waals surface area contributed by atoms with Crippen molar-refractivity contribution < 1.29 is 16.8 Å². The predicted octanol–water partition coefficient (Wildman–Crippen LogP) is 3.95. The molecule has 0 amide bonds. The third-order valence-electron chi connectivity index (χ3n) is 6.07. The number of rotatable bonds is 8. The fourth-order valence-corrected chi connectivity index (χ4v) is 7.15. The molecular formula is C23H30N2O4S2. The molecule has 6 nitrogen and oxygen atoms in total. The SMILES string of the molecule is CC(C)c1ccc(CN(C2CC2)S(=O)(=O)c2ccc(S(=O)(=O)N3CCCC3)cc2)cc1. The van der Waals surface area contributed by atoms with Crippen LogP contribution >= 0.6 is 0 Å². The molecule has 1 aliphatic carbocycles. The molecule has 0 unspecified atom stereocenters. The van der Waals surface area contributed by atoms with Crippen LogP contribution in [0.3, 0.4) is 0 Å². The van der Waals surface area contributed by atoms with Gasteiger partial charge in [0.05, 0.1) is 9.79 Å². The van der Waals surface area contributed by atoms with Gasteiger partial charge in [-0.2, -0.15) is 8.61 Å². The second-order valence-electron chi connectivity index (χ2n) is 8.76. The molecule has 31 heavy (non-hydrogen) atoms. The summed E-state index contributed by atoms with van der Waals surface area (Å²) in [7, 11) is -7.28. The van der Waals surface area contributed by atoms with Crippen molar-refractivity contribution in [3.8, 4) is 0 Å². The third kappa shape index (κ3) is 4.72. The quantitative estimate of drug-likeness (QED) is 0.595. The molecule has 0 N–H and O–H groups in total. The molecule has 1 aliphatic heterocycles. The van der Waals surface area contributed by atoms with Crippen LogP contribution in [0.1, 0.15) is 56.6 Å². The van der Waals surface area contributed by atoms with E-state index >= 15 is 0 Å². The molecule has 1 heterocycles. The molecule has 8 heteroatoms. The first-order valence-electron chi connectivity index (χ1n) is 10.9. The van der Waals surface area contributed by atoms with Gasteiger partial charge in [-0.1, -0.05) is 38.1 Å². The first-order valence-corrected chi connectivity index (χ1v) is 13.8. The molecule has 0 bridgehead atoms. The first-order chi connectivity index (χ1) is 14.7. The van der Waals surface area contributed by atoms with Crippen LogP contribution in [0, 0.1) is 0 Å². The summed E-state index contributed by atoms with van der Waals surface area (Å²) in [6.45, 7) is 5.62. The summed E-state index contributed by atoms with van der Waals surface area (Å²) in [4.78, 5) is 0.286. The Morgan fingerprint density at radius 1 is 0.871 bits per heavy atom. The summed E-state index contributed by atoms with van der Waals surface area (Å²) in [5.41, 5.74) is 2.17. The zero-order valence-electron chi connectivity index (χ0n) is 18.1. The third-order valence-corrected chi connectivity index (χ3v) is 9.90. The lowest BCUT2D eigenvalue weighted by atomic mass is 10.0. The topological polar surface area (TPSA) is 74.8 Å². The molecule has 168 valence electrons. The Kier molecular flexibility index (Phi) is 6.27. The minimum absolute atomic E-state index is 0.00258. The lowest BCUT2D eigenvalue weighted by Crippen LogP contribution is -2.32. The van der Waals surface area contributed by atoms with E-state index in [4.69, 9.17) is 0 Å². The monoisotopic (exact) mass is 462 g/mol. The van der Waals surface area contributed by atoms with Crippen LogP contribution in [0.15, 0.2) is 58.3 Å². The first kappa shape index (κ1) is 22.5. The van der Waals surface area contributed by atoms with Gasteiger partial charge in [-0.25, -0.2) is 16.8 Å². The summed E-state index contributed by atoms with van der Waals surface area (Å²) in [6.07, 6.45) is 3.43. The van der Waals surface area contributed by atoms with Crippen LogP contribution in [0.25, 0.3) is 0 Å². The van der Waals surface area contributed by atoms with Crippen LogP contribution in [0.4, 0.5) is 0 Å². The maximum absolute atomic E-state index is 13.4. The van der Waals surface area contributed by atoms with E-state index in [1.54, 1.807) is 4.31 Å². The molecule has 0 aromatic heterocycles. The van der Waals surface area contributed by atoms with Gasteiger partial charge in [-0.15, -0.1) is 0 Å². The second kappa shape index (κ2) is 8.65. The van der Waals surface area contributed by atoms with Gasteiger partial charge in [0, 0.05) is 25.7 Å². The van der Waals surface area contributed by atoms with Gasteiger partial charge in [0.15, 0.2) is 0 Å². The number of hydrogen-bond acceptors (Lipinski definition) is 4. The van der Waals surface area contributed by atoms with Gasteiger partial charge in [0.2, 0.25) is 20.0 Å². The maximum Gasteiger partial charge on any atom is 0.243 e. The highest BCUT2D eigenvalue weighted by atomic mass is 32.2.